The summed E-state index contributed by atoms with van der Waals surface area (Å²) in [5, 5.41) is 2.91. The number of amides is 2. The van der Waals surface area contributed by atoms with Crippen molar-refractivity contribution in [3.8, 4) is 0 Å². The van der Waals surface area contributed by atoms with E-state index in [1.165, 1.54) is 0 Å². The summed E-state index contributed by atoms with van der Waals surface area (Å²) in [6.07, 6.45) is 0.826. The molecule has 0 aromatic carbocycles. The number of nitrogens with zero attached hydrogens (tertiary/aromatic N) is 2. The molecule has 1 N–H and O–H groups in total. The minimum absolute atomic E-state index is 0.0485. The van der Waals surface area contributed by atoms with Gasteiger partial charge in [-0.05, 0) is 13.3 Å². The number of rotatable bonds is 6. The predicted octanol–water partition coefficient (Wildman–Crippen LogP) is -0.308. The van der Waals surface area contributed by atoms with Crippen molar-refractivity contribution in [1.82, 2.24) is 15.1 Å². The standard InChI is InChI=1S/C13H25N3O3/c1-11(13(18)14-5-4-10-19-3)15-6-8-16(9-7-15)12(2)17/h11H,4-10H2,1-3H3,(H,14,18). The molecule has 2 amide bonds. The van der Waals surface area contributed by atoms with Gasteiger partial charge in [0, 0.05) is 53.4 Å². The Morgan fingerprint density at radius 1 is 1.26 bits per heavy atom. The second-order valence-corrected chi connectivity index (χ2v) is 4.86. The first-order valence-corrected chi connectivity index (χ1v) is 6.82. The van der Waals surface area contributed by atoms with E-state index in [1.807, 2.05) is 11.8 Å². The lowest BCUT2D eigenvalue weighted by Gasteiger charge is -2.37. The quantitative estimate of drug-likeness (QED) is 0.673. The summed E-state index contributed by atoms with van der Waals surface area (Å²) >= 11 is 0. The average Bonchev–Trinajstić information content (AvgIpc) is 2.42. The smallest absolute Gasteiger partial charge is 0.237 e. The molecule has 1 fully saturated rings. The Labute approximate surface area is 115 Å². The molecular weight excluding hydrogens is 246 g/mol. The highest BCUT2D eigenvalue weighted by molar-refractivity contribution is 5.81. The van der Waals surface area contributed by atoms with Gasteiger partial charge in [-0.2, -0.15) is 0 Å². The molecule has 1 unspecified atom stereocenters. The van der Waals surface area contributed by atoms with Crippen LogP contribution < -0.4 is 5.32 Å². The molecule has 0 spiro atoms. The largest absolute Gasteiger partial charge is 0.385 e. The molecule has 19 heavy (non-hydrogen) atoms. The van der Waals surface area contributed by atoms with Crippen LogP contribution in [0.1, 0.15) is 20.3 Å². The molecule has 110 valence electrons. The van der Waals surface area contributed by atoms with Gasteiger partial charge < -0.3 is 15.0 Å². The Morgan fingerprint density at radius 3 is 2.42 bits per heavy atom. The van der Waals surface area contributed by atoms with E-state index in [0.29, 0.717) is 26.2 Å². The van der Waals surface area contributed by atoms with Crippen molar-refractivity contribution in [2.75, 3.05) is 46.4 Å². The molecule has 0 aromatic rings. The van der Waals surface area contributed by atoms with Gasteiger partial charge in [-0.1, -0.05) is 0 Å². The van der Waals surface area contributed by atoms with Gasteiger partial charge >= 0.3 is 0 Å². The van der Waals surface area contributed by atoms with Crippen LogP contribution in [0.4, 0.5) is 0 Å². The van der Waals surface area contributed by atoms with Gasteiger partial charge in [-0.15, -0.1) is 0 Å². The highest BCUT2D eigenvalue weighted by Crippen LogP contribution is 2.06. The lowest BCUT2D eigenvalue weighted by molar-refractivity contribution is -0.132. The fourth-order valence-electron chi connectivity index (χ4n) is 2.17. The van der Waals surface area contributed by atoms with E-state index in [4.69, 9.17) is 4.74 Å². The summed E-state index contributed by atoms with van der Waals surface area (Å²) in [6.45, 7) is 7.72. The Morgan fingerprint density at radius 2 is 1.89 bits per heavy atom. The van der Waals surface area contributed by atoms with Crippen LogP contribution in [0.5, 0.6) is 0 Å². The zero-order valence-electron chi connectivity index (χ0n) is 12.1. The summed E-state index contributed by atoms with van der Waals surface area (Å²) in [4.78, 5) is 27.1. The third kappa shape index (κ3) is 5.16. The highest BCUT2D eigenvalue weighted by atomic mass is 16.5. The molecular formula is C13H25N3O3. The normalized spacial score (nSPS) is 18.2. The van der Waals surface area contributed by atoms with Crippen LogP contribution in [0.15, 0.2) is 0 Å². The van der Waals surface area contributed by atoms with Crippen molar-refractivity contribution in [1.29, 1.82) is 0 Å². The maximum atomic E-state index is 11.9. The third-order valence-electron chi connectivity index (χ3n) is 3.51. The van der Waals surface area contributed by atoms with Crippen LogP contribution >= 0.6 is 0 Å². The summed E-state index contributed by atoms with van der Waals surface area (Å²) in [7, 11) is 1.65. The monoisotopic (exact) mass is 271 g/mol. The van der Waals surface area contributed by atoms with Crippen LogP contribution in [0, 0.1) is 0 Å². The van der Waals surface area contributed by atoms with Gasteiger partial charge in [-0.25, -0.2) is 0 Å². The number of piperazine rings is 1. The van der Waals surface area contributed by atoms with Gasteiger partial charge in [0.15, 0.2) is 0 Å². The van der Waals surface area contributed by atoms with Crippen molar-refractivity contribution in [2.24, 2.45) is 0 Å². The van der Waals surface area contributed by atoms with E-state index in [-0.39, 0.29) is 17.9 Å². The Hall–Kier alpha value is -1.14. The number of carbonyl (C=O) groups is 2. The van der Waals surface area contributed by atoms with Crippen LogP contribution in [0.3, 0.4) is 0 Å². The van der Waals surface area contributed by atoms with Crippen molar-refractivity contribution >= 4 is 11.8 Å². The number of methoxy groups -OCH3 is 1. The van der Waals surface area contributed by atoms with Crippen molar-refractivity contribution in [3.05, 3.63) is 0 Å². The van der Waals surface area contributed by atoms with E-state index in [9.17, 15) is 9.59 Å². The number of carbonyl (C=O) groups excluding carboxylic acids is 2. The van der Waals surface area contributed by atoms with Gasteiger partial charge in [0.05, 0.1) is 6.04 Å². The number of nitrogens with one attached hydrogen (secondary N) is 1. The lowest BCUT2D eigenvalue weighted by atomic mass is 10.2. The zero-order chi connectivity index (χ0) is 14.3. The van der Waals surface area contributed by atoms with E-state index >= 15 is 0 Å². The molecule has 1 aliphatic heterocycles. The first-order chi connectivity index (χ1) is 9.06. The van der Waals surface area contributed by atoms with Crippen molar-refractivity contribution in [3.63, 3.8) is 0 Å². The first-order valence-electron chi connectivity index (χ1n) is 6.82. The Balaban J connectivity index is 2.27. The van der Waals surface area contributed by atoms with E-state index < -0.39 is 0 Å². The number of ether oxygens (including phenoxy) is 1. The predicted molar refractivity (Wildman–Crippen MR) is 72.8 cm³/mol. The zero-order valence-corrected chi connectivity index (χ0v) is 12.1. The highest BCUT2D eigenvalue weighted by Gasteiger charge is 2.25. The lowest BCUT2D eigenvalue weighted by Crippen LogP contribution is -2.54. The number of hydrogen-bond acceptors (Lipinski definition) is 4. The minimum atomic E-state index is -0.142. The molecule has 1 saturated heterocycles. The Bertz CT molecular complexity index is 302. The summed E-state index contributed by atoms with van der Waals surface area (Å²) in [6, 6.07) is -0.142. The second-order valence-electron chi connectivity index (χ2n) is 4.86. The van der Waals surface area contributed by atoms with Gasteiger partial charge in [0.2, 0.25) is 11.8 Å². The Kier molecular flexibility index (Phi) is 6.80. The van der Waals surface area contributed by atoms with Crippen LogP contribution in [0.25, 0.3) is 0 Å². The summed E-state index contributed by atoms with van der Waals surface area (Å²) in [5.41, 5.74) is 0. The van der Waals surface area contributed by atoms with Crippen molar-refractivity contribution < 1.29 is 14.3 Å². The number of hydrogen-bond donors (Lipinski definition) is 1. The van der Waals surface area contributed by atoms with Gasteiger partial charge in [0.1, 0.15) is 0 Å². The molecule has 0 bridgehead atoms. The molecule has 1 heterocycles. The second kappa shape index (κ2) is 8.12. The fourth-order valence-corrected chi connectivity index (χ4v) is 2.17. The SMILES string of the molecule is COCCCNC(=O)C(C)N1CCN(C(C)=O)CC1. The summed E-state index contributed by atoms with van der Waals surface area (Å²) < 4.78 is 4.94. The third-order valence-corrected chi connectivity index (χ3v) is 3.51. The average molecular weight is 271 g/mol. The maximum absolute atomic E-state index is 11.9. The minimum Gasteiger partial charge on any atom is -0.385 e. The molecule has 0 saturated carbocycles. The van der Waals surface area contributed by atoms with Crippen LogP contribution in [-0.2, 0) is 14.3 Å². The molecule has 1 rings (SSSR count). The fraction of sp³-hybridized carbons (Fsp3) is 0.846. The van der Waals surface area contributed by atoms with E-state index in [1.54, 1.807) is 14.0 Å². The molecule has 6 heteroatoms. The van der Waals surface area contributed by atoms with Gasteiger partial charge in [-0.3, -0.25) is 14.5 Å². The molecule has 0 aliphatic carbocycles. The first kappa shape index (κ1) is 15.9. The molecule has 6 nitrogen and oxygen atoms in total. The van der Waals surface area contributed by atoms with Crippen molar-refractivity contribution in [2.45, 2.75) is 26.3 Å². The molecule has 1 aliphatic rings. The van der Waals surface area contributed by atoms with E-state index in [2.05, 4.69) is 10.2 Å². The molecule has 1 atom stereocenters. The maximum Gasteiger partial charge on any atom is 0.237 e. The topological polar surface area (TPSA) is 61.9 Å². The van der Waals surface area contributed by atoms with Crippen LogP contribution in [0.2, 0.25) is 0 Å². The summed E-state index contributed by atoms with van der Waals surface area (Å²) in [5.74, 6) is 0.156. The molecule has 0 radical (unpaired) electrons. The van der Waals surface area contributed by atoms with E-state index in [0.717, 1.165) is 19.5 Å². The molecule has 0 aromatic heterocycles. The van der Waals surface area contributed by atoms with Crippen LogP contribution in [-0.4, -0.2) is 74.1 Å². The van der Waals surface area contributed by atoms with Gasteiger partial charge in [0.25, 0.3) is 0 Å².